The highest BCUT2D eigenvalue weighted by molar-refractivity contribution is 6.06. The summed E-state index contributed by atoms with van der Waals surface area (Å²) in [6.07, 6.45) is -4.85. The average Bonchev–Trinajstić information content (AvgIpc) is 2.61. The smallest absolute Gasteiger partial charge is 0.465 e. The van der Waals surface area contributed by atoms with E-state index in [0.717, 1.165) is 49.6 Å². The number of nitro groups is 1. The molecule has 2 aromatic rings. The maximum absolute atomic E-state index is 12.3. The van der Waals surface area contributed by atoms with Gasteiger partial charge in [-0.15, -0.1) is 13.2 Å². The van der Waals surface area contributed by atoms with E-state index in [2.05, 4.69) is 14.8 Å². The number of amides is 1. The van der Waals surface area contributed by atoms with Crippen LogP contribution in [0.15, 0.2) is 42.5 Å². The molecule has 0 aliphatic heterocycles. The number of alkyl halides is 3. The van der Waals surface area contributed by atoms with Gasteiger partial charge in [0.25, 0.3) is 11.6 Å². The third-order valence-electron chi connectivity index (χ3n) is 3.16. The molecule has 2 rings (SSSR count). The number of ether oxygens (including phenoxy) is 2. The molecule has 1 amide bonds. The number of halogens is 3. The van der Waals surface area contributed by atoms with Crippen molar-refractivity contribution < 1.29 is 37.2 Å². The van der Waals surface area contributed by atoms with E-state index < -0.39 is 34.6 Å². The van der Waals surface area contributed by atoms with Crippen LogP contribution in [0.2, 0.25) is 0 Å². The van der Waals surface area contributed by atoms with E-state index in [1.165, 1.54) is 0 Å². The molecule has 0 atom stereocenters. The first kappa shape index (κ1) is 19.7. The van der Waals surface area contributed by atoms with Crippen molar-refractivity contribution in [3.8, 4) is 5.75 Å². The van der Waals surface area contributed by atoms with Crippen molar-refractivity contribution >= 4 is 23.3 Å². The van der Waals surface area contributed by atoms with Crippen LogP contribution in [-0.4, -0.2) is 30.3 Å². The molecule has 0 fully saturated rings. The quantitative estimate of drug-likeness (QED) is 0.480. The molecule has 0 saturated carbocycles. The van der Waals surface area contributed by atoms with Gasteiger partial charge in [-0.3, -0.25) is 14.9 Å². The lowest BCUT2D eigenvalue weighted by Gasteiger charge is -2.10. The molecule has 0 radical (unpaired) electrons. The van der Waals surface area contributed by atoms with Crippen molar-refractivity contribution in [3.05, 3.63) is 63.7 Å². The topological polar surface area (TPSA) is 108 Å². The van der Waals surface area contributed by atoms with Crippen LogP contribution in [0.1, 0.15) is 20.7 Å². The zero-order chi connectivity index (χ0) is 20.2. The molecule has 8 nitrogen and oxygen atoms in total. The van der Waals surface area contributed by atoms with Gasteiger partial charge in [0, 0.05) is 23.4 Å². The Bertz CT molecular complexity index is 881. The van der Waals surface area contributed by atoms with Crippen molar-refractivity contribution in [1.29, 1.82) is 0 Å². The summed E-state index contributed by atoms with van der Waals surface area (Å²) in [7, 11) is 1.07. The summed E-state index contributed by atoms with van der Waals surface area (Å²) in [4.78, 5) is 34.0. The summed E-state index contributed by atoms with van der Waals surface area (Å²) < 4.78 is 44.6. The monoisotopic (exact) mass is 384 g/mol. The van der Waals surface area contributed by atoms with Crippen molar-refractivity contribution in [1.82, 2.24) is 0 Å². The summed E-state index contributed by atoms with van der Waals surface area (Å²) in [5.41, 5.74) is -0.802. The van der Waals surface area contributed by atoms with Crippen LogP contribution < -0.4 is 10.1 Å². The van der Waals surface area contributed by atoms with Crippen LogP contribution in [0.4, 0.5) is 24.5 Å². The maximum Gasteiger partial charge on any atom is 0.573 e. The number of non-ortho nitro benzene ring substituents is 1. The molecule has 0 aliphatic carbocycles. The molecular formula is C16H11F3N2O6. The van der Waals surface area contributed by atoms with Gasteiger partial charge in [0.15, 0.2) is 0 Å². The van der Waals surface area contributed by atoms with Gasteiger partial charge in [0.1, 0.15) is 5.75 Å². The minimum absolute atomic E-state index is 0.112. The highest BCUT2D eigenvalue weighted by Gasteiger charge is 2.31. The molecule has 142 valence electrons. The first-order chi connectivity index (χ1) is 12.6. The van der Waals surface area contributed by atoms with E-state index in [0.29, 0.717) is 0 Å². The third kappa shape index (κ3) is 5.42. The van der Waals surface area contributed by atoms with Crippen molar-refractivity contribution in [2.75, 3.05) is 12.4 Å². The fraction of sp³-hybridized carbons (Fsp3) is 0.125. The minimum Gasteiger partial charge on any atom is -0.465 e. The summed E-state index contributed by atoms with van der Waals surface area (Å²) in [5, 5.41) is 13.3. The van der Waals surface area contributed by atoms with Crippen LogP contribution in [0.25, 0.3) is 0 Å². The van der Waals surface area contributed by atoms with Gasteiger partial charge in [0.2, 0.25) is 0 Å². The Morgan fingerprint density at radius 1 is 1.07 bits per heavy atom. The molecule has 0 heterocycles. The fourth-order valence-corrected chi connectivity index (χ4v) is 2.03. The van der Waals surface area contributed by atoms with Crippen molar-refractivity contribution in [2.45, 2.75) is 6.36 Å². The van der Waals surface area contributed by atoms with Crippen molar-refractivity contribution in [3.63, 3.8) is 0 Å². The number of anilines is 1. The molecule has 27 heavy (non-hydrogen) atoms. The molecule has 0 aromatic heterocycles. The fourth-order valence-electron chi connectivity index (χ4n) is 2.03. The standard InChI is InChI=1S/C16H11F3N2O6/c1-26-15(23)10-6-9(7-12(8-10)21(24)25)14(22)20-11-2-4-13(5-3-11)27-16(17,18)19/h2-8H,1H3,(H,20,22). The van der Waals surface area contributed by atoms with Crippen LogP contribution in [0.5, 0.6) is 5.75 Å². The van der Waals surface area contributed by atoms with Crippen LogP contribution >= 0.6 is 0 Å². The zero-order valence-corrected chi connectivity index (χ0v) is 13.6. The second kappa shape index (κ2) is 7.72. The number of nitrogens with one attached hydrogen (secondary N) is 1. The Balaban J connectivity index is 2.23. The number of carbonyl (C=O) groups excluding carboxylic acids is 2. The van der Waals surface area contributed by atoms with E-state index in [9.17, 15) is 32.9 Å². The summed E-state index contributed by atoms with van der Waals surface area (Å²) in [6.45, 7) is 0. The highest BCUT2D eigenvalue weighted by Crippen LogP contribution is 2.24. The number of hydrogen-bond acceptors (Lipinski definition) is 6. The van der Waals surface area contributed by atoms with Gasteiger partial charge in [-0.1, -0.05) is 0 Å². The number of nitro benzene ring substituents is 1. The number of methoxy groups -OCH3 is 1. The van der Waals surface area contributed by atoms with Gasteiger partial charge in [-0.25, -0.2) is 4.79 Å². The predicted octanol–water partition coefficient (Wildman–Crippen LogP) is 3.53. The molecule has 0 aliphatic rings. The molecule has 11 heteroatoms. The lowest BCUT2D eigenvalue weighted by molar-refractivity contribution is -0.384. The Morgan fingerprint density at radius 2 is 1.67 bits per heavy atom. The normalized spacial score (nSPS) is 10.8. The predicted molar refractivity (Wildman–Crippen MR) is 85.5 cm³/mol. The number of hydrogen-bond donors (Lipinski definition) is 1. The Hall–Kier alpha value is -3.63. The largest absolute Gasteiger partial charge is 0.573 e. The molecule has 1 N–H and O–H groups in total. The molecular weight excluding hydrogens is 373 g/mol. The Kier molecular flexibility index (Phi) is 5.63. The third-order valence-corrected chi connectivity index (χ3v) is 3.16. The zero-order valence-electron chi connectivity index (χ0n) is 13.6. The first-order valence-corrected chi connectivity index (χ1v) is 7.14. The van der Waals surface area contributed by atoms with E-state index in [1.807, 2.05) is 0 Å². The van der Waals surface area contributed by atoms with Gasteiger partial charge in [0.05, 0.1) is 17.6 Å². The van der Waals surface area contributed by atoms with Gasteiger partial charge in [-0.2, -0.15) is 0 Å². The van der Waals surface area contributed by atoms with Crippen LogP contribution in [-0.2, 0) is 4.74 Å². The first-order valence-electron chi connectivity index (χ1n) is 7.14. The number of rotatable bonds is 5. The minimum atomic E-state index is -4.85. The van der Waals surface area contributed by atoms with Crippen LogP contribution in [0, 0.1) is 10.1 Å². The molecule has 2 aromatic carbocycles. The summed E-state index contributed by atoms with van der Waals surface area (Å²) in [5.74, 6) is -2.17. The van der Waals surface area contributed by atoms with E-state index >= 15 is 0 Å². The van der Waals surface area contributed by atoms with Crippen LogP contribution in [0.3, 0.4) is 0 Å². The summed E-state index contributed by atoms with van der Waals surface area (Å²) >= 11 is 0. The number of esters is 1. The van der Waals surface area contributed by atoms with E-state index in [4.69, 9.17) is 0 Å². The SMILES string of the molecule is COC(=O)c1cc(C(=O)Nc2ccc(OC(F)(F)F)cc2)cc([N+](=O)[O-])c1. The lowest BCUT2D eigenvalue weighted by atomic mass is 10.1. The average molecular weight is 384 g/mol. The second-order valence-electron chi connectivity index (χ2n) is 5.04. The highest BCUT2D eigenvalue weighted by atomic mass is 19.4. The van der Waals surface area contributed by atoms with Gasteiger partial charge >= 0.3 is 12.3 Å². The second-order valence-corrected chi connectivity index (χ2v) is 5.04. The summed E-state index contributed by atoms with van der Waals surface area (Å²) in [6, 6.07) is 7.26. The van der Waals surface area contributed by atoms with E-state index in [1.54, 1.807) is 0 Å². The van der Waals surface area contributed by atoms with E-state index in [-0.39, 0.29) is 16.8 Å². The lowest BCUT2D eigenvalue weighted by Crippen LogP contribution is -2.17. The molecule has 0 saturated heterocycles. The Morgan fingerprint density at radius 3 is 2.19 bits per heavy atom. The maximum atomic E-state index is 12.3. The number of nitrogens with zero attached hydrogens (tertiary/aromatic N) is 1. The van der Waals surface area contributed by atoms with Gasteiger partial charge in [-0.05, 0) is 30.3 Å². The van der Waals surface area contributed by atoms with Gasteiger partial charge < -0.3 is 14.8 Å². The molecule has 0 spiro atoms. The van der Waals surface area contributed by atoms with Crippen molar-refractivity contribution in [2.24, 2.45) is 0 Å². The molecule has 0 bridgehead atoms. The molecule has 0 unspecified atom stereocenters. The Labute approximate surface area is 149 Å². The number of carbonyl (C=O) groups is 2. The number of benzene rings is 2.